The first-order valence-electron chi connectivity index (χ1n) is 6.11. The van der Waals surface area contributed by atoms with E-state index in [1.54, 1.807) is 13.8 Å². The zero-order chi connectivity index (χ0) is 14.3. The van der Waals surface area contributed by atoms with Crippen LogP contribution in [0.3, 0.4) is 0 Å². The maximum absolute atomic E-state index is 11.8. The van der Waals surface area contributed by atoms with Crippen LogP contribution in [0.1, 0.15) is 25.0 Å². The van der Waals surface area contributed by atoms with E-state index in [1.807, 2.05) is 24.3 Å². The van der Waals surface area contributed by atoms with Gasteiger partial charge in [-0.1, -0.05) is 24.0 Å². The number of carbonyl (C=O) groups excluding carboxylic acids is 1. The van der Waals surface area contributed by atoms with Gasteiger partial charge in [0.2, 0.25) is 0 Å². The van der Waals surface area contributed by atoms with Crippen LogP contribution in [0, 0.1) is 11.8 Å². The average molecular weight is 260 g/mol. The minimum absolute atomic E-state index is 0.137. The molecule has 3 N–H and O–H groups in total. The minimum atomic E-state index is -0.813. The van der Waals surface area contributed by atoms with E-state index in [0.29, 0.717) is 13.1 Å². The monoisotopic (exact) mass is 260 g/mol. The molecule has 0 atom stereocenters. The smallest absolute Gasteiger partial charge is 0.251 e. The van der Waals surface area contributed by atoms with Gasteiger partial charge in [-0.3, -0.25) is 4.79 Å². The largest absolute Gasteiger partial charge is 0.369 e. The predicted molar refractivity (Wildman–Crippen MR) is 75.3 cm³/mol. The summed E-state index contributed by atoms with van der Waals surface area (Å²) < 4.78 is 5.11. The van der Waals surface area contributed by atoms with Gasteiger partial charge < -0.3 is 15.8 Å². The molecule has 1 rings (SSSR count). The van der Waals surface area contributed by atoms with E-state index in [2.05, 4.69) is 17.2 Å². The van der Waals surface area contributed by atoms with Gasteiger partial charge in [0, 0.05) is 19.2 Å². The molecule has 0 aliphatic carbocycles. The second kappa shape index (κ2) is 6.93. The molecule has 0 bridgehead atoms. The SMILES string of the molecule is COC(C)(C)C(=O)NCc1ccc(C#CCN)cc1. The summed E-state index contributed by atoms with van der Waals surface area (Å²) in [5.74, 6) is 5.60. The molecule has 0 fully saturated rings. The van der Waals surface area contributed by atoms with Crippen LogP contribution < -0.4 is 11.1 Å². The quantitative estimate of drug-likeness (QED) is 0.795. The van der Waals surface area contributed by atoms with Gasteiger partial charge in [0.25, 0.3) is 5.91 Å². The van der Waals surface area contributed by atoms with E-state index in [0.717, 1.165) is 11.1 Å². The molecule has 1 amide bonds. The number of hydrogen-bond donors (Lipinski definition) is 2. The molecular weight excluding hydrogens is 240 g/mol. The van der Waals surface area contributed by atoms with Crippen molar-refractivity contribution >= 4 is 5.91 Å². The highest BCUT2D eigenvalue weighted by Gasteiger charge is 2.26. The Balaban J connectivity index is 2.57. The highest BCUT2D eigenvalue weighted by molar-refractivity contribution is 5.84. The third-order valence-corrected chi connectivity index (χ3v) is 2.80. The van der Waals surface area contributed by atoms with E-state index in [1.165, 1.54) is 7.11 Å². The Morgan fingerprint density at radius 2 is 2.00 bits per heavy atom. The summed E-state index contributed by atoms with van der Waals surface area (Å²) in [7, 11) is 1.52. The molecule has 0 aromatic heterocycles. The number of benzene rings is 1. The lowest BCUT2D eigenvalue weighted by atomic mass is 10.1. The summed E-state index contributed by atoms with van der Waals surface area (Å²) in [4.78, 5) is 11.8. The first-order valence-corrected chi connectivity index (χ1v) is 6.11. The zero-order valence-electron chi connectivity index (χ0n) is 11.6. The Bertz CT molecular complexity index is 481. The lowest BCUT2D eigenvalue weighted by molar-refractivity contribution is -0.139. The molecule has 1 aromatic carbocycles. The van der Waals surface area contributed by atoms with E-state index < -0.39 is 5.60 Å². The second-order valence-electron chi connectivity index (χ2n) is 4.60. The molecule has 0 unspecified atom stereocenters. The molecule has 0 spiro atoms. The van der Waals surface area contributed by atoms with Crippen LogP contribution in [-0.2, 0) is 16.1 Å². The van der Waals surface area contributed by atoms with Crippen molar-refractivity contribution in [2.45, 2.75) is 26.0 Å². The van der Waals surface area contributed by atoms with E-state index in [9.17, 15) is 4.79 Å². The molecule has 0 saturated heterocycles. The van der Waals surface area contributed by atoms with Crippen molar-refractivity contribution in [1.29, 1.82) is 0 Å². The fourth-order valence-electron chi connectivity index (χ4n) is 1.35. The molecule has 0 saturated carbocycles. The highest BCUT2D eigenvalue weighted by atomic mass is 16.5. The molecule has 0 heterocycles. The fourth-order valence-corrected chi connectivity index (χ4v) is 1.35. The van der Waals surface area contributed by atoms with Crippen LogP contribution >= 0.6 is 0 Å². The molecule has 4 nitrogen and oxygen atoms in total. The molecule has 4 heteroatoms. The van der Waals surface area contributed by atoms with Crippen LogP contribution in [0.2, 0.25) is 0 Å². The Hall–Kier alpha value is -1.83. The molecule has 0 aliphatic heterocycles. The standard InChI is InChI=1S/C15H20N2O2/c1-15(2,19-3)14(18)17-11-13-8-6-12(7-9-13)5-4-10-16/h6-9H,10-11,16H2,1-3H3,(H,17,18). The van der Waals surface area contributed by atoms with Crippen LogP contribution in [0.5, 0.6) is 0 Å². The van der Waals surface area contributed by atoms with Gasteiger partial charge in [-0.05, 0) is 31.5 Å². The number of ether oxygens (including phenoxy) is 1. The fraction of sp³-hybridized carbons (Fsp3) is 0.400. The number of amides is 1. The number of methoxy groups -OCH3 is 1. The lowest BCUT2D eigenvalue weighted by Crippen LogP contribution is -2.43. The van der Waals surface area contributed by atoms with Crippen LogP contribution in [0.15, 0.2) is 24.3 Å². The van der Waals surface area contributed by atoms with E-state index in [4.69, 9.17) is 10.5 Å². The minimum Gasteiger partial charge on any atom is -0.369 e. The average Bonchev–Trinajstić information content (AvgIpc) is 2.43. The predicted octanol–water partition coefficient (Wildman–Crippen LogP) is 1.04. The third-order valence-electron chi connectivity index (χ3n) is 2.80. The van der Waals surface area contributed by atoms with Crippen LogP contribution in [0.4, 0.5) is 0 Å². The summed E-state index contributed by atoms with van der Waals surface area (Å²) in [5, 5.41) is 2.83. The number of rotatable bonds is 4. The van der Waals surface area contributed by atoms with Crippen molar-refractivity contribution in [2.24, 2.45) is 5.73 Å². The Morgan fingerprint density at radius 1 is 1.37 bits per heavy atom. The van der Waals surface area contributed by atoms with Crippen LogP contribution in [0.25, 0.3) is 0 Å². The highest BCUT2D eigenvalue weighted by Crippen LogP contribution is 2.08. The maximum atomic E-state index is 11.8. The van der Waals surface area contributed by atoms with Crippen molar-refractivity contribution in [3.8, 4) is 11.8 Å². The number of nitrogens with one attached hydrogen (secondary N) is 1. The van der Waals surface area contributed by atoms with Crippen molar-refractivity contribution < 1.29 is 9.53 Å². The molecular formula is C15H20N2O2. The molecule has 19 heavy (non-hydrogen) atoms. The van der Waals surface area contributed by atoms with Gasteiger partial charge in [-0.15, -0.1) is 0 Å². The Morgan fingerprint density at radius 3 is 2.53 bits per heavy atom. The molecule has 0 aliphatic rings. The maximum Gasteiger partial charge on any atom is 0.251 e. The van der Waals surface area contributed by atoms with Gasteiger partial charge >= 0.3 is 0 Å². The number of carbonyl (C=O) groups is 1. The topological polar surface area (TPSA) is 64.3 Å². The van der Waals surface area contributed by atoms with Gasteiger partial charge in [0.05, 0.1) is 6.54 Å². The number of hydrogen-bond acceptors (Lipinski definition) is 3. The summed E-state index contributed by atoms with van der Waals surface area (Å²) >= 11 is 0. The van der Waals surface area contributed by atoms with Gasteiger partial charge in [-0.2, -0.15) is 0 Å². The summed E-state index contributed by atoms with van der Waals surface area (Å²) in [6.07, 6.45) is 0. The first-order chi connectivity index (χ1) is 8.99. The van der Waals surface area contributed by atoms with Crippen molar-refractivity contribution in [1.82, 2.24) is 5.32 Å². The van der Waals surface area contributed by atoms with Gasteiger partial charge in [0.1, 0.15) is 5.60 Å². The summed E-state index contributed by atoms with van der Waals surface area (Å²) in [6.45, 7) is 4.28. The number of nitrogens with two attached hydrogens (primary N) is 1. The van der Waals surface area contributed by atoms with E-state index in [-0.39, 0.29) is 5.91 Å². The van der Waals surface area contributed by atoms with Crippen molar-refractivity contribution in [2.75, 3.05) is 13.7 Å². The van der Waals surface area contributed by atoms with Gasteiger partial charge in [-0.25, -0.2) is 0 Å². The zero-order valence-corrected chi connectivity index (χ0v) is 11.6. The summed E-state index contributed by atoms with van der Waals surface area (Å²) in [6, 6.07) is 7.68. The van der Waals surface area contributed by atoms with Gasteiger partial charge in [0.15, 0.2) is 0 Å². The molecule has 0 radical (unpaired) electrons. The second-order valence-corrected chi connectivity index (χ2v) is 4.60. The summed E-state index contributed by atoms with van der Waals surface area (Å²) in [5.41, 5.74) is 6.42. The lowest BCUT2D eigenvalue weighted by Gasteiger charge is -2.21. The molecule has 1 aromatic rings. The Labute approximate surface area is 114 Å². The normalized spacial score (nSPS) is 10.5. The van der Waals surface area contributed by atoms with Crippen molar-refractivity contribution in [3.63, 3.8) is 0 Å². The van der Waals surface area contributed by atoms with E-state index >= 15 is 0 Å². The van der Waals surface area contributed by atoms with Crippen molar-refractivity contribution in [3.05, 3.63) is 35.4 Å². The first kappa shape index (κ1) is 15.2. The Kier molecular flexibility index (Phi) is 5.56. The van der Waals surface area contributed by atoms with Crippen LogP contribution in [-0.4, -0.2) is 25.2 Å². The molecule has 102 valence electrons. The third kappa shape index (κ3) is 4.74.